The number of esters is 1. The molecule has 1 atom stereocenters. The van der Waals surface area contributed by atoms with Crippen LogP contribution >= 0.6 is 0 Å². The van der Waals surface area contributed by atoms with Gasteiger partial charge >= 0.3 is 5.97 Å². The van der Waals surface area contributed by atoms with Crippen LogP contribution in [0.25, 0.3) is 0 Å². The van der Waals surface area contributed by atoms with Gasteiger partial charge in [0.25, 0.3) is 0 Å². The highest BCUT2D eigenvalue weighted by atomic mass is 16.5. The molecule has 1 aromatic heterocycles. The molecule has 0 aromatic carbocycles. The fourth-order valence-corrected chi connectivity index (χ4v) is 2.57. The highest BCUT2D eigenvalue weighted by molar-refractivity contribution is 5.96. The number of carbonyl (C=O) groups is 1. The molecule has 5 heteroatoms. The van der Waals surface area contributed by atoms with Crippen LogP contribution in [-0.2, 0) is 9.53 Å². The molecule has 1 aliphatic rings. The van der Waals surface area contributed by atoms with Gasteiger partial charge in [0.2, 0.25) is 0 Å². The van der Waals surface area contributed by atoms with Gasteiger partial charge in [0.15, 0.2) is 12.4 Å². The summed E-state index contributed by atoms with van der Waals surface area (Å²) < 4.78 is 6.07. The van der Waals surface area contributed by atoms with Crippen molar-refractivity contribution in [1.82, 2.24) is 0 Å². The van der Waals surface area contributed by atoms with Crippen molar-refractivity contribution in [3.8, 4) is 0 Å². The van der Waals surface area contributed by atoms with Crippen molar-refractivity contribution in [2.75, 3.05) is 0 Å². The molecule has 0 aliphatic carbocycles. The van der Waals surface area contributed by atoms with Gasteiger partial charge in [0.05, 0.1) is 11.7 Å². The van der Waals surface area contributed by atoms with Gasteiger partial charge in [-0.25, -0.2) is 4.79 Å². The Morgan fingerprint density at radius 2 is 2.19 bits per heavy atom. The molecule has 2 heterocycles. The fraction of sp³-hybridized carbons (Fsp3) is 0.438. The van der Waals surface area contributed by atoms with E-state index in [0.29, 0.717) is 17.7 Å². The average molecular weight is 288 g/mol. The second kappa shape index (κ2) is 6.08. The van der Waals surface area contributed by atoms with Gasteiger partial charge in [-0.1, -0.05) is 0 Å². The molecule has 0 N–H and O–H groups in total. The Morgan fingerprint density at radius 3 is 2.81 bits per heavy atom. The van der Waals surface area contributed by atoms with Crippen LogP contribution in [0.3, 0.4) is 0 Å². The number of nitrogens with zero attached hydrogens (tertiary/aromatic N) is 2. The maximum atomic E-state index is 12.4. The first-order valence-corrected chi connectivity index (χ1v) is 7.03. The van der Waals surface area contributed by atoms with E-state index in [1.54, 1.807) is 13.0 Å². The van der Waals surface area contributed by atoms with Crippen LogP contribution < -0.4 is 4.73 Å². The number of allylic oxidation sites excluding steroid dienone is 1. The van der Waals surface area contributed by atoms with Crippen LogP contribution in [-0.4, -0.2) is 17.8 Å². The minimum Gasteiger partial charge on any atom is -0.619 e. The summed E-state index contributed by atoms with van der Waals surface area (Å²) in [4.78, 5) is 16.8. The SMILES string of the molecule is CC1=NC(C)=C(C(=O)OC(C)C)C(c2ccc[n+]([O-])c2)C1. The predicted molar refractivity (Wildman–Crippen MR) is 79.8 cm³/mol. The molecule has 0 amide bonds. The number of ether oxygens (including phenoxy) is 1. The first-order valence-electron chi connectivity index (χ1n) is 7.03. The molecule has 0 saturated carbocycles. The number of carbonyl (C=O) groups excluding carboxylic acids is 1. The molecule has 0 spiro atoms. The second-order valence-electron chi connectivity index (χ2n) is 5.55. The van der Waals surface area contributed by atoms with Crippen LogP contribution in [0.5, 0.6) is 0 Å². The summed E-state index contributed by atoms with van der Waals surface area (Å²) in [5, 5.41) is 11.5. The lowest BCUT2D eigenvalue weighted by Gasteiger charge is -2.24. The van der Waals surface area contributed by atoms with Crippen LogP contribution in [0.15, 0.2) is 40.8 Å². The van der Waals surface area contributed by atoms with E-state index < -0.39 is 0 Å². The molecule has 0 bridgehead atoms. The van der Waals surface area contributed by atoms with Crippen molar-refractivity contribution in [2.24, 2.45) is 4.99 Å². The lowest BCUT2D eigenvalue weighted by molar-refractivity contribution is -0.605. The van der Waals surface area contributed by atoms with Crippen molar-refractivity contribution in [3.63, 3.8) is 0 Å². The normalized spacial score (nSPS) is 18.7. The Kier molecular flexibility index (Phi) is 4.40. The Bertz CT molecular complexity index is 618. The van der Waals surface area contributed by atoms with Gasteiger partial charge in [-0.2, -0.15) is 4.73 Å². The van der Waals surface area contributed by atoms with Crippen molar-refractivity contribution in [2.45, 2.75) is 46.1 Å². The van der Waals surface area contributed by atoms with Gasteiger partial charge in [-0.15, -0.1) is 0 Å². The van der Waals surface area contributed by atoms with E-state index in [2.05, 4.69) is 4.99 Å². The topological polar surface area (TPSA) is 65.6 Å². The predicted octanol–water partition coefficient (Wildman–Crippen LogP) is 2.49. The summed E-state index contributed by atoms with van der Waals surface area (Å²) in [7, 11) is 0. The zero-order valence-corrected chi connectivity index (χ0v) is 12.8. The van der Waals surface area contributed by atoms with Crippen LogP contribution in [0, 0.1) is 5.21 Å². The summed E-state index contributed by atoms with van der Waals surface area (Å²) in [6.45, 7) is 7.36. The summed E-state index contributed by atoms with van der Waals surface area (Å²) >= 11 is 0. The first kappa shape index (κ1) is 15.2. The lowest BCUT2D eigenvalue weighted by atomic mass is 9.84. The lowest BCUT2D eigenvalue weighted by Crippen LogP contribution is -2.28. The third-order valence-electron chi connectivity index (χ3n) is 3.36. The fourth-order valence-electron chi connectivity index (χ4n) is 2.57. The standard InChI is InChI=1S/C16H20N2O3/c1-10(2)21-16(19)15-12(4)17-11(3)8-14(15)13-6-5-7-18(20)9-13/h5-7,9-10,14H,8H2,1-4H3. The average Bonchev–Trinajstić information content (AvgIpc) is 2.36. The molecule has 2 rings (SSSR count). The minimum absolute atomic E-state index is 0.185. The van der Waals surface area contributed by atoms with E-state index in [0.717, 1.165) is 16.0 Å². The first-order chi connectivity index (χ1) is 9.88. The molecule has 1 aliphatic heterocycles. The third-order valence-corrected chi connectivity index (χ3v) is 3.36. The van der Waals surface area contributed by atoms with E-state index in [1.807, 2.05) is 26.8 Å². The van der Waals surface area contributed by atoms with E-state index in [1.165, 1.54) is 12.4 Å². The number of pyridine rings is 1. The Hall–Kier alpha value is -2.17. The summed E-state index contributed by atoms with van der Waals surface area (Å²) in [5.41, 5.74) is 2.95. The van der Waals surface area contributed by atoms with E-state index in [4.69, 9.17) is 4.74 Å². The van der Waals surface area contributed by atoms with Crippen LogP contribution in [0.2, 0.25) is 0 Å². The number of aliphatic imine (C=N–C) groups is 1. The highest BCUT2D eigenvalue weighted by Gasteiger charge is 2.31. The molecule has 1 aromatic rings. The maximum absolute atomic E-state index is 12.4. The number of hydrogen-bond donors (Lipinski definition) is 0. The maximum Gasteiger partial charge on any atom is 0.336 e. The quantitative estimate of drug-likeness (QED) is 0.487. The molecule has 21 heavy (non-hydrogen) atoms. The minimum atomic E-state index is -0.356. The summed E-state index contributed by atoms with van der Waals surface area (Å²) in [6.07, 6.45) is 3.35. The molecule has 112 valence electrons. The molecular formula is C16H20N2O3. The van der Waals surface area contributed by atoms with Gasteiger partial charge < -0.3 is 9.94 Å². The van der Waals surface area contributed by atoms with E-state index >= 15 is 0 Å². The Balaban J connectivity index is 2.44. The van der Waals surface area contributed by atoms with E-state index in [9.17, 15) is 10.0 Å². The van der Waals surface area contributed by atoms with E-state index in [-0.39, 0.29) is 18.0 Å². The smallest absolute Gasteiger partial charge is 0.336 e. The van der Waals surface area contributed by atoms with Gasteiger partial charge in [0, 0.05) is 29.0 Å². The Morgan fingerprint density at radius 1 is 1.48 bits per heavy atom. The molecule has 0 radical (unpaired) electrons. The molecule has 1 unspecified atom stereocenters. The molecular weight excluding hydrogens is 268 g/mol. The van der Waals surface area contributed by atoms with Crippen molar-refractivity contribution >= 4 is 11.7 Å². The van der Waals surface area contributed by atoms with Gasteiger partial charge in [0.1, 0.15) is 0 Å². The van der Waals surface area contributed by atoms with Crippen LogP contribution in [0.4, 0.5) is 0 Å². The monoisotopic (exact) mass is 288 g/mol. The van der Waals surface area contributed by atoms with Crippen LogP contribution in [0.1, 0.15) is 45.6 Å². The molecule has 0 fully saturated rings. The zero-order valence-electron chi connectivity index (χ0n) is 12.8. The van der Waals surface area contributed by atoms with Crippen molar-refractivity contribution in [1.29, 1.82) is 0 Å². The highest BCUT2D eigenvalue weighted by Crippen LogP contribution is 2.34. The largest absolute Gasteiger partial charge is 0.619 e. The Labute approximate surface area is 124 Å². The second-order valence-corrected chi connectivity index (χ2v) is 5.55. The number of aromatic nitrogens is 1. The van der Waals surface area contributed by atoms with Crippen molar-refractivity contribution in [3.05, 3.63) is 46.6 Å². The molecule has 0 saturated heterocycles. The summed E-state index contributed by atoms with van der Waals surface area (Å²) in [5.74, 6) is -0.541. The van der Waals surface area contributed by atoms with Gasteiger partial charge in [-0.3, -0.25) is 4.99 Å². The third kappa shape index (κ3) is 3.48. The molecule has 5 nitrogen and oxygen atoms in total. The van der Waals surface area contributed by atoms with Crippen molar-refractivity contribution < 1.29 is 14.3 Å². The number of rotatable bonds is 3. The summed E-state index contributed by atoms with van der Waals surface area (Å²) in [6, 6.07) is 3.54. The van der Waals surface area contributed by atoms with Gasteiger partial charge in [-0.05, 0) is 40.2 Å². The number of hydrogen-bond acceptors (Lipinski definition) is 4. The zero-order chi connectivity index (χ0) is 15.6.